The van der Waals surface area contributed by atoms with Gasteiger partial charge in [-0.2, -0.15) is 0 Å². The maximum absolute atomic E-state index is 6.49. The molecule has 0 saturated heterocycles. The van der Waals surface area contributed by atoms with Crippen LogP contribution in [-0.4, -0.2) is 14.4 Å². The van der Waals surface area contributed by atoms with Crippen LogP contribution in [0.15, 0.2) is 168 Å². The minimum atomic E-state index is 0.708. The Balaban J connectivity index is 1.18. The van der Waals surface area contributed by atoms with Gasteiger partial charge < -0.3 is 4.42 Å². The number of nitrogens with zero attached hydrogens (tertiary/aromatic N) is 3. The number of para-hydroxylation sites is 3. The molecule has 3 heterocycles. The van der Waals surface area contributed by atoms with Gasteiger partial charge in [-0.3, -0.25) is 4.40 Å². The first kappa shape index (κ1) is 26.2. The van der Waals surface area contributed by atoms with Gasteiger partial charge in [0.15, 0.2) is 11.4 Å². The van der Waals surface area contributed by atoms with Gasteiger partial charge in [-0.1, -0.05) is 127 Å². The van der Waals surface area contributed by atoms with Gasteiger partial charge in [0.05, 0.1) is 28.0 Å². The van der Waals surface area contributed by atoms with Gasteiger partial charge in [0.2, 0.25) is 5.71 Å². The Morgan fingerprint density at radius 2 is 0.957 bits per heavy atom. The highest BCUT2D eigenvalue weighted by Crippen LogP contribution is 2.40. The quantitative estimate of drug-likeness (QED) is 0.201. The van der Waals surface area contributed by atoms with Crippen LogP contribution in [0.2, 0.25) is 0 Å². The highest BCUT2D eigenvalue weighted by Gasteiger charge is 2.20. The SMILES string of the molecule is c1ccc(-c2cc(-c3cccc(-c4cccc(-c5c6ccccc6n6c5oc5ccccc56)c4)c3)nc(-c3ccccc3)n2)cc1. The second-order valence-corrected chi connectivity index (χ2v) is 11.5. The molecule has 4 nitrogen and oxygen atoms in total. The van der Waals surface area contributed by atoms with Crippen molar-refractivity contribution in [3.05, 3.63) is 164 Å². The molecule has 0 atom stereocenters. The third-order valence-electron chi connectivity index (χ3n) is 8.61. The van der Waals surface area contributed by atoms with Crippen molar-refractivity contribution < 1.29 is 4.42 Å². The molecular weight excluding hydrogens is 562 g/mol. The first-order valence-electron chi connectivity index (χ1n) is 15.4. The third-order valence-corrected chi connectivity index (χ3v) is 8.61. The summed E-state index contributed by atoms with van der Waals surface area (Å²) in [5.74, 6) is 0.708. The zero-order valence-electron chi connectivity index (χ0n) is 24.8. The van der Waals surface area contributed by atoms with Crippen LogP contribution in [0, 0.1) is 0 Å². The summed E-state index contributed by atoms with van der Waals surface area (Å²) >= 11 is 0. The Morgan fingerprint density at radius 1 is 0.413 bits per heavy atom. The van der Waals surface area contributed by atoms with Gasteiger partial charge in [0, 0.05) is 22.1 Å². The maximum atomic E-state index is 6.49. The molecular formula is C42H27N3O. The van der Waals surface area contributed by atoms with E-state index < -0.39 is 0 Å². The fraction of sp³-hybridized carbons (Fsp3) is 0. The number of oxazole rings is 1. The van der Waals surface area contributed by atoms with Crippen LogP contribution in [0.4, 0.5) is 0 Å². The fourth-order valence-corrected chi connectivity index (χ4v) is 6.44. The fourth-order valence-electron chi connectivity index (χ4n) is 6.44. The number of rotatable bonds is 5. The molecule has 46 heavy (non-hydrogen) atoms. The first-order valence-corrected chi connectivity index (χ1v) is 15.4. The molecule has 3 aromatic heterocycles. The van der Waals surface area contributed by atoms with Crippen molar-refractivity contribution in [3.8, 4) is 56.2 Å². The van der Waals surface area contributed by atoms with Crippen LogP contribution in [0.5, 0.6) is 0 Å². The lowest BCUT2D eigenvalue weighted by molar-refractivity contribution is 0.658. The van der Waals surface area contributed by atoms with Crippen molar-refractivity contribution in [2.45, 2.75) is 0 Å². The summed E-state index contributed by atoms with van der Waals surface area (Å²) in [6, 6.07) is 56.6. The topological polar surface area (TPSA) is 43.3 Å². The summed E-state index contributed by atoms with van der Waals surface area (Å²) in [6.45, 7) is 0. The van der Waals surface area contributed by atoms with Crippen LogP contribution >= 0.6 is 0 Å². The second-order valence-electron chi connectivity index (χ2n) is 11.5. The van der Waals surface area contributed by atoms with Gasteiger partial charge in [0.25, 0.3) is 0 Å². The van der Waals surface area contributed by atoms with Gasteiger partial charge in [-0.05, 0) is 53.1 Å². The standard InChI is InChI=1S/C42H27N3O/c1-3-13-28(14-4-1)35-27-36(44-41(43-35)29-15-5-2-6-16-29)32-19-11-17-30(25-32)31-18-12-20-33(26-31)40-34-21-7-8-22-37(34)45-38-23-9-10-24-39(38)46-42(40)45/h1-27H. The molecule has 4 heteroatoms. The van der Waals surface area contributed by atoms with Crippen LogP contribution in [0.3, 0.4) is 0 Å². The van der Waals surface area contributed by atoms with E-state index in [1.54, 1.807) is 0 Å². The molecule has 0 unspecified atom stereocenters. The lowest BCUT2D eigenvalue weighted by Gasteiger charge is -2.11. The van der Waals surface area contributed by atoms with Crippen molar-refractivity contribution in [2.24, 2.45) is 0 Å². The normalized spacial score (nSPS) is 11.5. The van der Waals surface area contributed by atoms with Crippen molar-refractivity contribution in [1.82, 2.24) is 14.4 Å². The van der Waals surface area contributed by atoms with Crippen molar-refractivity contribution in [2.75, 3.05) is 0 Å². The number of benzene rings is 6. The Morgan fingerprint density at radius 3 is 1.72 bits per heavy atom. The average Bonchev–Trinajstić information content (AvgIpc) is 3.67. The molecule has 0 amide bonds. The lowest BCUT2D eigenvalue weighted by atomic mass is 9.96. The lowest BCUT2D eigenvalue weighted by Crippen LogP contribution is -1.96. The van der Waals surface area contributed by atoms with E-state index in [4.69, 9.17) is 14.4 Å². The van der Waals surface area contributed by atoms with E-state index in [2.05, 4.69) is 120 Å². The zero-order valence-corrected chi connectivity index (χ0v) is 24.8. The molecule has 0 fully saturated rings. The van der Waals surface area contributed by atoms with Gasteiger partial charge in [-0.25, -0.2) is 9.97 Å². The molecule has 9 rings (SSSR count). The Labute approximate surface area is 265 Å². The van der Waals surface area contributed by atoms with E-state index in [-0.39, 0.29) is 0 Å². The molecule has 0 aliphatic carbocycles. The Kier molecular flexibility index (Phi) is 6.10. The Bertz CT molecular complexity index is 2470. The molecule has 0 aliphatic heterocycles. The van der Waals surface area contributed by atoms with Crippen LogP contribution < -0.4 is 0 Å². The molecule has 216 valence electrons. The predicted octanol–water partition coefficient (Wildman–Crippen LogP) is 11.0. The minimum Gasteiger partial charge on any atom is -0.438 e. The summed E-state index contributed by atoms with van der Waals surface area (Å²) in [7, 11) is 0. The molecule has 0 spiro atoms. The van der Waals surface area contributed by atoms with Crippen LogP contribution in [-0.2, 0) is 0 Å². The smallest absolute Gasteiger partial charge is 0.213 e. The Hall–Kier alpha value is -6.26. The summed E-state index contributed by atoms with van der Waals surface area (Å²) in [5.41, 5.74) is 13.3. The van der Waals surface area contributed by atoms with Crippen LogP contribution in [0.1, 0.15) is 0 Å². The molecule has 9 aromatic rings. The summed E-state index contributed by atoms with van der Waals surface area (Å²) in [5, 5.41) is 1.17. The highest BCUT2D eigenvalue weighted by atomic mass is 16.3. The molecule has 0 bridgehead atoms. The number of aromatic nitrogens is 3. The summed E-state index contributed by atoms with van der Waals surface area (Å²) in [6.07, 6.45) is 0. The number of fused-ring (bicyclic) bond motifs is 5. The second kappa shape index (κ2) is 10.7. The predicted molar refractivity (Wildman–Crippen MR) is 187 cm³/mol. The maximum Gasteiger partial charge on any atom is 0.213 e. The van der Waals surface area contributed by atoms with E-state index in [0.717, 1.165) is 72.7 Å². The zero-order chi connectivity index (χ0) is 30.5. The highest BCUT2D eigenvalue weighted by molar-refractivity contribution is 6.07. The monoisotopic (exact) mass is 589 g/mol. The van der Waals surface area contributed by atoms with E-state index in [0.29, 0.717) is 5.82 Å². The van der Waals surface area contributed by atoms with Gasteiger partial charge in [-0.15, -0.1) is 0 Å². The molecule has 6 aromatic carbocycles. The van der Waals surface area contributed by atoms with E-state index >= 15 is 0 Å². The van der Waals surface area contributed by atoms with Crippen molar-refractivity contribution in [1.29, 1.82) is 0 Å². The summed E-state index contributed by atoms with van der Waals surface area (Å²) in [4.78, 5) is 10.0. The molecule has 0 radical (unpaired) electrons. The molecule has 0 saturated carbocycles. The van der Waals surface area contributed by atoms with Crippen LogP contribution in [0.25, 0.3) is 83.9 Å². The van der Waals surface area contributed by atoms with E-state index in [1.165, 1.54) is 5.39 Å². The third kappa shape index (κ3) is 4.39. The first-order chi connectivity index (χ1) is 22.8. The largest absolute Gasteiger partial charge is 0.438 e. The van der Waals surface area contributed by atoms with Crippen molar-refractivity contribution in [3.63, 3.8) is 0 Å². The number of hydrogen-bond acceptors (Lipinski definition) is 3. The molecule has 0 N–H and O–H groups in total. The minimum absolute atomic E-state index is 0.708. The van der Waals surface area contributed by atoms with Crippen molar-refractivity contribution >= 4 is 27.7 Å². The van der Waals surface area contributed by atoms with E-state index in [9.17, 15) is 0 Å². The average molecular weight is 590 g/mol. The number of hydrogen-bond donors (Lipinski definition) is 0. The van der Waals surface area contributed by atoms with Gasteiger partial charge >= 0.3 is 0 Å². The summed E-state index contributed by atoms with van der Waals surface area (Å²) < 4.78 is 8.72. The van der Waals surface area contributed by atoms with E-state index in [1.807, 2.05) is 48.5 Å². The molecule has 0 aliphatic rings. The van der Waals surface area contributed by atoms with Gasteiger partial charge in [0.1, 0.15) is 0 Å².